The number of rotatable bonds is 10. The second kappa shape index (κ2) is 9.40. The molecule has 0 saturated heterocycles. The quantitative estimate of drug-likeness (QED) is 0.690. The zero-order valence-corrected chi connectivity index (χ0v) is 14.8. The van der Waals surface area contributed by atoms with Gasteiger partial charge in [0.05, 0.1) is 14.2 Å². The largest absolute Gasteiger partial charge is 0.493 e. The average molecular weight is 323 g/mol. The third-order valence-electron chi connectivity index (χ3n) is 4.29. The normalized spacial score (nSPS) is 14.8. The van der Waals surface area contributed by atoms with E-state index in [4.69, 9.17) is 9.47 Å². The summed E-state index contributed by atoms with van der Waals surface area (Å²) in [6.07, 6.45) is 2.54. The van der Waals surface area contributed by atoms with Crippen LogP contribution in [-0.2, 0) is 4.79 Å². The zero-order valence-electron chi connectivity index (χ0n) is 14.8. The van der Waals surface area contributed by atoms with E-state index in [0.717, 1.165) is 18.4 Å². The van der Waals surface area contributed by atoms with Crippen molar-refractivity contribution in [1.29, 1.82) is 0 Å². The van der Waals surface area contributed by atoms with E-state index in [9.17, 15) is 9.90 Å². The van der Waals surface area contributed by atoms with Crippen LogP contribution in [0.25, 0.3) is 0 Å². The number of nitrogens with one attached hydrogen (secondary N) is 1. The fourth-order valence-corrected chi connectivity index (χ4v) is 2.57. The Morgan fingerprint density at radius 2 is 1.87 bits per heavy atom. The van der Waals surface area contributed by atoms with Gasteiger partial charge in [-0.25, -0.2) is 0 Å². The number of methoxy groups -OCH3 is 2. The molecule has 1 aromatic carbocycles. The number of ether oxygens (including phenoxy) is 2. The van der Waals surface area contributed by atoms with Crippen molar-refractivity contribution in [2.45, 2.75) is 58.0 Å². The molecular weight excluding hydrogens is 294 g/mol. The highest BCUT2D eigenvalue weighted by Crippen LogP contribution is 2.31. The van der Waals surface area contributed by atoms with Crippen molar-refractivity contribution >= 4 is 5.97 Å². The number of unbranched alkanes of at least 4 members (excludes halogenated alkanes) is 1. The summed E-state index contributed by atoms with van der Waals surface area (Å²) < 4.78 is 10.6. The minimum atomic E-state index is -0.787. The first-order valence-electron chi connectivity index (χ1n) is 8.15. The first-order chi connectivity index (χ1) is 10.9. The second-order valence-corrected chi connectivity index (χ2v) is 5.89. The van der Waals surface area contributed by atoms with Crippen molar-refractivity contribution in [3.8, 4) is 11.5 Å². The molecule has 0 amide bonds. The number of carbonyl (C=O) groups is 1. The Morgan fingerprint density at radius 1 is 1.22 bits per heavy atom. The number of carboxylic acids is 1. The van der Waals surface area contributed by atoms with Crippen LogP contribution in [0.1, 0.15) is 51.5 Å². The highest BCUT2D eigenvalue weighted by atomic mass is 16.5. The molecule has 5 heteroatoms. The Kier molecular flexibility index (Phi) is 7.89. The van der Waals surface area contributed by atoms with E-state index in [0.29, 0.717) is 17.9 Å². The minimum absolute atomic E-state index is 0.0334. The van der Waals surface area contributed by atoms with Crippen molar-refractivity contribution in [3.05, 3.63) is 23.8 Å². The van der Waals surface area contributed by atoms with Gasteiger partial charge in [0.1, 0.15) is 6.04 Å². The Hall–Kier alpha value is -1.75. The maximum Gasteiger partial charge on any atom is 0.320 e. The highest BCUT2D eigenvalue weighted by Gasteiger charge is 2.23. The van der Waals surface area contributed by atoms with Crippen LogP contribution in [0.15, 0.2) is 18.2 Å². The van der Waals surface area contributed by atoms with Crippen LogP contribution in [0.3, 0.4) is 0 Å². The monoisotopic (exact) mass is 323 g/mol. The molecule has 1 rings (SSSR count). The van der Waals surface area contributed by atoms with Gasteiger partial charge in [0.25, 0.3) is 0 Å². The second-order valence-electron chi connectivity index (χ2n) is 5.89. The molecule has 130 valence electrons. The summed E-state index contributed by atoms with van der Waals surface area (Å²) in [5.41, 5.74) is 1.09. The van der Waals surface area contributed by atoms with Crippen LogP contribution in [0.4, 0.5) is 0 Å². The van der Waals surface area contributed by atoms with Gasteiger partial charge in [0.15, 0.2) is 11.5 Å². The summed E-state index contributed by atoms with van der Waals surface area (Å²) in [4.78, 5) is 11.4. The molecule has 0 aliphatic rings. The average Bonchev–Trinajstić information content (AvgIpc) is 2.56. The molecule has 0 fully saturated rings. The van der Waals surface area contributed by atoms with E-state index in [1.165, 1.54) is 0 Å². The molecule has 3 unspecified atom stereocenters. The molecule has 0 aliphatic carbocycles. The zero-order chi connectivity index (χ0) is 17.4. The van der Waals surface area contributed by atoms with Crippen molar-refractivity contribution in [2.24, 2.45) is 0 Å². The summed E-state index contributed by atoms with van der Waals surface area (Å²) in [6.45, 7) is 6.16. The molecule has 0 bridgehead atoms. The summed E-state index contributed by atoms with van der Waals surface area (Å²) >= 11 is 0. The predicted octanol–water partition coefficient (Wildman–Crippen LogP) is 3.43. The maximum absolute atomic E-state index is 11.4. The van der Waals surface area contributed by atoms with Gasteiger partial charge < -0.3 is 19.9 Å². The van der Waals surface area contributed by atoms with Crippen molar-refractivity contribution in [3.63, 3.8) is 0 Å². The van der Waals surface area contributed by atoms with Crippen LogP contribution in [-0.4, -0.2) is 37.4 Å². The molecule has 0 saturated carbocycles. The SMILES string of the molecule is CCCCC(NC(C)C(C)c1ccc(OC)c(OC)c1)C(=O)O. The lowest BCUT2D eigenvalue weighted by Crippen LogP contribution is -2.44. The Bertz CT molecular complexity index is 504. The van der Waals surface area contributed by atoms with Crippen LogP contribution in [0.2, 0.25) is 0 Å². The summed E-state index contributed by atoms with van der Waals surface area (Å²) in [7, 11) is 3.22. The van der Waals surface area contributed by atoms with Crippen LogP contribution in [0.5, 0.6) is 11.5 Å². The number of hydrogen-bond acceptors (Lipinski definition) is 4. The number of aliphatic carboxylic acids is 1. The fourth-order valence-electron chi connectivity index (χ4n) is 2.57. The van der Waals surface area contributed by atoms with E-state index < -0.39 is 12.0 Å². The third-order valence-corrected chi connectivity index (χ3v) is 4.29. The van der Waals surface area contributed by atoms with Gasteiger partial charge in [-0.2, -0.15) is 0 Å². The molecular formula is C18H29NO4. The van der Waals surface area contributed by atoms with E-state index in [-0.39, 0.29) is 12.0 Å². The fraction of sp³-hybridized carbons (Fsp3) is 0.611. The molecule has 0 heterocycles. The summed E-state index contributed by atoms with van der Waals surface area (Å²) in [6, 6.07) is 5.34. The molecule has 0 aromatic heterocycles. The molecule has 1 aromatic rings. The Balaban J connectivity index is 2.82. The highest BCUT2D eigenvalue weighted by molar-refractivity contribution is 5.73. The number of hydrogen-bond donors (Lipinski definition) is 2. The number of carboxylic acid groups (broad SMARTS) is 1. The number of benzene rings is 1. The van der Waals surface area contributed by atoms with Crippen molar-refractivity contribution in [2.75, 3.05) is 14.2 Å². The summed E-state index contributed by atoms with van der Waals surface area (Å²) in [5.74, 6) is 0.739. The summed E-state index contributed by atoms with van der Waals surface area (Å²) in [5, 5.41) is 12.6. The topological polar surface area (TPSA) is 67.8 Å². The van der Waals surface area contributed by atoms with Gasteiger partial charge in [-0.15, -0.1) is 0 Å². The molecule has 5 nitrogen and oxygen atoms in total. The molecule has 23 heavy (non-hydrogen) atoms. The van der Waals surface area contributed by atoms with Gasteiger partial charge in [-0.3, -0.25) is 4.79 Å². The van der Waals surface area contributed by atoms with E-state index in [1.54, 1.807) is 14.2 Å². The van der Waals surface area contributed by atoms with E-state index in [1.807, 2.05) is 25.1 Å². The van der Waals surface area contributed by atoms with Gasteiger partial charge in [0.2, 0.25) is 0 Å². The minimum Gasteiger partial charge on any atom is -0.493 e. The maximum atomic E-state index is 11.4. The molecule has 0 spiro atoms. The Labute approximate surface area is 139 Å². The van der Waals surface area contributed by atoms with Crippen molar-refractivity contribution < 1.29 is 19.4 Å². The molecule has 0 aliphatic heterocycles. The van der Waals surface area contributed by atoms with E-state index >= 15 is 0 Å². The smallest absolute Gasteiger partial charge is 0.320 e. The molecule has 2 N–H and O–H groups in total. The van der Waals surface area contributed by atoms with Crippen LogP contribution in [0, 0.1) is 0 Å². The first kappa shape index (κ1) is 19.3. The molecule has 3 atom stereocenters. The lowest BCUT2D eigenvalue weighted by atomic mass is 9.93. The van der Waals surface area contributed by atoms with Gasteiger partial charge >= 0.3 is 5.97 Å². The third kappa shape index (κ3) is 5.43. The predicted molar refractivity (Wildman–Crippen MR) is 91.5 cm³/mol. The lowest BCUT2D eigenvalue weighted by Gasteiger charge is -2.26. The van der Waals surface area contributed by atoms with Gasteiger partial charge in [-0.05, 0) is 37.0 Å². The van der Waals surface area contributed by atoms with Gasteiger partial charge in [0, 0.05) is 6.04 Å². The Morgan fingerprint density at radius 3 is 2.39 bits per heavy atom. The van der Waals surface area contributed by atoms with Crippen LogP contribution >= 0.6 is 0 Å². The molecule has 0 radical (unpaired) electrons. The van der Waals surface area contributed by atoms with Crippen molar-refractivity contribution in [1.82, 2.24) is 5.32 Å². The first-order valence-corrected chi connectivity index (χ1v) is 8.15. The van der Waals surface area contributed by atoms with Crippen LogP contribution < -0.4 is 14.8 Å². The van der Waals surface area contributed by atoms with Gasteiger partial charge in [-0.1, -0.05) is 32.8 Å². The standard InChI is InChI=1S/C18H29NO4/c1-6-7-8-15(18(20)21)19-13(3)12(2)14-9-10-16(22-4)17(11-14)23-5/h9-13,15,19H,6-8H2,1-5H3,(H,20,21). The lowest BCUT2D eigenvalue weighted by molar-refractivity contribution is -0.139. The van der Waals surface area contributed by atoms with E-state index in [2.05, 4.69) is 19.2 Å².